The first-order valence-corrected chi connectivity index (χ1v) is 10.7. The lowest BCUT2D eigenvalue weighted by Gasteiger charge is -2.36. The minimum absolute atomic E-state index is 0. The van der Waals surface area contributed by atoms with Crippen LogP contribution in [0.4, 0.5) is 5.82 Å². The number of aromatic nitrogens is 2. The topological polar surface area (TPSA) is 76.3 Å². The standard InChI is InChI=1S/C21H32N8O.HI/c1-22-21(29-13-9-27(10-14-29)17-19-5-15-30-25-19)24-16-18-4-3-6-23-20(18)28-11-7-26(2)8-12-28;/h3-6,15H,7-14,16-17H2,1-2H3,(H,22,24);1H. The summed E-state index contributed by atoms with van der Waals surface area (Å²) in [7, 11) is 4.03. The molecule has 0 bridgehead atoms. The van der Waals surface area contributed by atoms with Crippen molar-refractivity contribution in [2.45, 2.75) is 13.1 Å². The van der Waals surface area contributed by atoms with E-state index in [9.17, 15) is 0 Å². The Balaban J connectivity index is 0.00000272. The zero-order valence-corrected chi connectivity index (χ0v) is 20.7. The number of nitrogens with one attached hydrogen (secondary N) is 1. The summed E-state index contributed by atoms with van der Waals surface area (Å²) in [5, 5.41) is 7.57. The molecule has 31 heavy (non-hydrogen) atoms. The van der Waals surface area contributed by atoms with Crippen LogP contribution >= 0.6 is 24.0 Å². The molecule has 0 aliphatic carbocycles. The van der Waals surface area contributed by atoms with E-state index in [1.807, 2.05) is 25.4 Å². The smallest absolute Gasteiger partial charge is 0.194 e. The highest BCUT2D eigenvalue weighted by molar-refractivity contribution is 14.0. The molecule has 2 aliphatic heterocycles. The number of piperazine rings is 2. The van der Waals surface area contributed by atoms with Crippen molar-refractivity contribution in [3.8, 4) is 0 Å². The van der Waals surface area contributed by atoms with Crippen molar-refractivity contribution in [1.29, 1.82) is 0 Å². The Bertz CT molecular complexity index is 815. The number of rotatable bonds is 5. The number of pyridine rings is 1. The maximum Gasteiger partial charge on any atom is 0.194 e. The van der Waals surface area contributed by atoms with E-state index in [-0.39, 0.29) is 24.0 Å². The van der Waals surface area contributed by atoms with Gasteiger partial charge in [0.15, 0.2) is 5.96 Å². The Hall–Kier alpha value is -1.92. The zero-order chi connectivity index (χ0) is 20.8. The quantitative estimate of drug-likeness (QED) is 0.346. The van der Waals surface area contributed by atoms with Crippen LogP contribution in [-0.4, -0.2) is 97.3 Å². The fourth-order valence-corrected chi connectivity index (χ4v) is 4.04. The van der Waals surface area contributed by atoms with Crippen molar-refractivity contribution in [3.05, 3.63) is 41.9 Å². The molecule has 2 aromatic rings. The second kappa shape index (κ2) is 11.6. The van der Waals surface area contributed by atoms with Crippen LogP contribution in [0.5, 0.6) is 0 Å². The van der Waals surface area contributed by atoms with Gasteiger partial charge >= 0.3 is 0 Å². The third-order valence-corrected chi connectivity index (χ3v) is 5.87. The predicted octanol–water partition coefficient (Wildman–Crippen LogP) is 1.33. The van der Waals surface area contributed by atoms with E-state index in [1.54, 1.807) is 6.26 Å². The third-order valence-electron chi connectivity index (χ3n) is 5.87. The molecule has 2 aliphatic rings. The van der Waals surface area contributed by atoms with Gasteiger partial charge in [0, 0.05) is 90.3 Å². The first-order valence-electron chi connectivity index (χ1n) is 10.7. The van der Waals surface area contributed by atoms with Crippen LogP contribution in [0.1, 0.15) is 11.3 Å². The van der Waals surface area contributed by atoms with Gasteiger partial charge in [-0.3, -0.25) is 9.89 Å². The minimum atomic E-state index is 0. The van der Waals surface area contributed by atoms with Crippen LogP contribution in [0.3, 0.4) is 0 Å². The number of guanidine groups is 1. The summed E-state index contributed by atoms with van der Waals surface area (Å²) in [6, 6.07) is 6.11. The van der Waals surface area contributed by atoms with Crippen molar-refractivity contribution in [2.24, 2.45) is 4.99 Å². The lowest BCUT2D eigenvalue weighted by atomic mass is 10.2. The summed E-state index contributed by atoms with van der Waals surface area (Å²) in [6.07, 6.45) is 3.52. The fourth-order valence-electron chi connectivity index (χ4n) is 4.04. The highest BCUT2D eigenvalue weighted by atomic mass is 127. The van der Waals surface area contributed by atoms with Crippen molar-refractivity contribution >= 4 is 35.8 Å². The van der Waals surface area contributed by atoms with E-state index in [4.69, 9.17) is 4.52 Å². The van der Waals surface area contributed by atoms with Gasteiger partial charge in [0.2, 0.25) is 0 Å². The van der Waals surface area contributed by atoms with Crippen LogP contribution < -0.4 is 10.2 Å². The highest BCUT2D eigenvalue weighted by Crippen LogP contribution is 2.19. The Morgan fingerprint density at radius 1 is 1.10 bits per heavy atom. The average Bonchev–Trinajstić information content (AvgIpc) is 3.29. The summed E-state index contributed by atoms with van der Waals surface area (Å²) in [5.74, 6) is 2.04. The van der Waals surface area contributed by atoms with Crippen LogP contribution in [0.15, 0.2) is 40.2 Å². The molecule has 1 N–H and O–H groups in total. The van der Waals surface area contributed by atoms with Crippen LogP contribution in [0.25, 0.3) is 0 Å². The van der Waals surface area contributed by atoms with Crippen LogP contribution in [0.2, 0.25) is 0 Å². The van der Waals surface area contributed by atoms with E-state index in [2.05, 4.69) is 53.2 Å². The number of likely N-dealkylation sites (N-methyl/N-ethyl adjacent to an activating group) is 1. The fraction of sp³-hybridized carbons (Fsp3) is 0.571. The summed E-state index contributed by atoms with van der Waals surface area (Å²) in [5.41, 5.74) is 2.20. The lowest BCUT2D eigenvalue weighted by molar-refractivity contribution is 0.169. The summed E-state index contributed by atoms with van der Waals surface area (Å²) < 4.78 is 4.94. The molecule has 4 rings (SSSR count). The first-order chi connectivity index (χ1) is 14.7. The lowest BCUT2D eigenvalue weighted by Crippen LogP contribution is -2.52. The van der Waals surface area contributed by atoms with Gasteiger partial charge in [0.05, 0.1) is 5.69 Å². The molecule has 0 spiro atoms. The maximum atomic E-state index is 4.94. The zero-order valence-electron chi connectivity index (χ0n) is 18.4. The van der Waals surface area contributed by atoms with Crippen LogP contribution in [-0.2, 0) is 13.1 Å². The Labute approximate surface area is 201 Å². The van der Waals surface area contributed by atoms with Crippen molar-refractivity contribution in [3.63, 3.8) is 0 Å². The van der Waals surface area contributed by atoms with Gasteiger partial charge in [0.25, 0.3) is 0 Å². The molecule has 2 aromatic heterocycles. The predicted molar refractivity (Wildman–Crippen MR) is 133 cm³/mol. The van der Waals surface area contributed by atoms with Gasteiger partial charge in [-0.05, 0) is 13.1 Å². The van der Waals surface area contributed by atoms with Gasteiger partial charge in [-0.2, -0.15) is 0 Å². The Morgan fingerprint density at radius 3 is 2.55 bits per heavy atom. The molecule has 0 unspecified atom stereocenters. The molecular weight excluding hydrogens is 507 g/mol. The van der Waals surface area contributed by atoms with Crippen LogP contribution in [0, 0.1) is 0 Å². The molecule has 170 valence electrons. The van der Waals surface area contributed by atoms with E-state index in [1.165, 1.54) is 5.56 Å². The van der Waals surface area contributed by atoms with Gasteiger partial charge < -0.3 is 24.5 Å². The van der Waals surface area contributed by atoms with Gasteiger partial charge in [-0.25, -0.2) is 4.98 Å². The summed E-state index contributed by atoms with van der Waals surface area (Å²) in [4.78, 5) is 18.7. The largest absolute Gasteiger partial charge is 0.364 e. The Kier molecular flexibility index (Phi) is 8.90. The molecule has 4 heterocycles. The molecule has 2 fully saturated rings. The molecular formula is C21H33IN8O. The molecule has 9 nitrogen and oxygen atoms in total. The molecule has 0 saturated carbocycles. The average molecular weight is 540 g/mol. The monoisotopic (exact) mass is 540 g/mol. The van der Waals surface area contributed by atoms with Gasteiger partial charge in [-0.1, -0.05) is 11.2 Å². The second-order valence-electron chi connectivity index (χ2n) is 7.93. The number of halogens is 1. The van der Waals surface area contributed by atoms with Gasteiger partial charge in [-0.15, -0.1) is 24.0 Å². The van der Waals surface area contributed by atoms with Crippen molar-refractivity contribution in [1.82, 2.24) is 30.2 Å². The molecule has 0 aromatic carbocycles. The molecule has 2 saturated heterocycles. The summed E-state index contributed by atoms with van der Waals surface area (Å²) in [6.45, 7) is 9.58. The van der Waals surface area contributed by atoms with Gasteiger partial charge in [0.1, 0.15) is 12.1 Å². The van der Waals surface area contributed by atoms with E-state index >= 15 is 0 Å². The summed E-state index contributed by atoms with van der Waals surface area (Å²) >= 11 is 0. The Morgan fingerprint density at radius 2 is 1.87 bits per heavy atom. The molecule has 10 heteroatoms. The normalized spacial score (nSPS) is 18.7. The van der Waals surface area contributed by atoms with E-state index in [0.717, 1.165) is 82.9 Å². The molecule has 0 radical (unpaired) electrons. The number of aliphatic imine (C=N–C) groups is 1. The maximum absolute atomic E-state index is 4.94. The van der Waals surface area contributed by atoms with E-state index in [0.29, 0.717) is 0 Å². The number of nitrogens with zero attached hydrogens (tertiary/aromatic N) is 7. The highest BCUT2D eigenvalue weighted by Gasteiger charge is 2.21. The van der Waals surface area contributed by atoms with Crippen molar-refractivity contribution in [2.75, 3.05) is 71.4 Å². The number of anilines is 1. The molecule has 0 amide bonds. The second-order valence-corrected chi connectivity index (χ2v) is 7.93. The first kappa shape index (κ1) is 23.7. The number of hydrogen-bond acceptors (Lipinski definition) is 7. The third kappa shape index (κ3) is 6.30. The van der Waals surface area contributed by atoms with E-state index < -0.39 is 0 Å². The number of hydrogen-bond donors (Lipinski definition) is 1. The minimum Gasteiger partial charge on any atom is -0.364 e. The van der Waals surface area contributed by atoms with Crippen molar-refractivity contribution < 1.29 is 4.52 Å². The molecule has 0 atom stereocenters. The SMILES string of the molecule is CN=C(NCc1cccnc1N1CCN(C)CC1)N1CCN(Cc2ccon2)CC1.I.